The molecule has 1 aliphatic heterocycles. The summed E-state index contributed by atoms with van der Waals surface area (Å²) in [6.45, 7) is 9.63. The van der Waals surface area contributed by atoms with Crippen molar-refractivity contribution in [3.8, 4) is 0 Å². The van der Waals surface area contributed by atoms with Crippen LogP contribution in [-0.2, 0) is 17.8 Å². The first kappa shape index (κ1) is 22.8. The number of nitrogens with zero attached hydrogens (tertiary/aromatic N) is 1. The molecule has 1 amide bonds. The van der Waals surface area contributed by atoms with Gasteiger partial charge in [-0.15, -0.1) is 0 Å². The van der Waals surface area contributed by atoms with Gasteiger partial charge in [0.1, 0.15) is 0 Å². The van der Waals surface area contributed by atoms with E-state index in [9.17, 15) is 4.79 Å². The zero-order valence-corrected chi connectivity index (χ0v) is 18.8. The molecule has 1 aliphatic rings. The Labute approximate surface area is 185 Å². The van der Waals surface area contributed by atoms with Gasteiger partial charge in [0.15, 0.2) is 5.96 Å². The number of carbonyl (C=O) groups excluding carboxylic acids is 1. The van der Waals surface area contributed by atoms with Gasteiger partial charge in [-0.2, -0.15) is 0 Å². The standard InChI is InChI=1S/C25H34N4O2/c1-4-26-25(29-16-22-11-10-18(2)13-19(22)3)28-15-20-7-5-8-21(14-20)24(30)27-17-23-9-6-12-31-23/h5,7-8,10-11,13-14,23H,4,6,9,12,15-17H2,1-3H3,(H,27,30)(H2,26,28,29). The van der Waals surface area contributed by atoms with Crippen LogP contribution in [0, 0.1) is 13.8 Å². The first-order valence-electron chi connectivity index (χ1n) is 11.1. The minimum Gasteiger partial charge on any atom is -0.376 e. The summed E-state index contributed by atoms with van der Waals surface area (Å²) in [6.07, 6.45) is 2.22. The number of rotatable bonds is 8. The summed E-state index contributed by atoms with van der Waals surface area (Å²) in [5, 5.41) is 9.67. The summed E-state index contributed by atoms with van der Waals surface area (Å²) in [4.78, 5) is 17.2. The number of carbonyl (C=O) groups is 1. The Hall–Kier alpha value is -2.86. The highest BCUT2D eigenvalue weighted by Gasteiger charge is 2.16. The van der Waals surface area contributed by atoms with Crippen molar-refractivity contribution in [1.82, 2.24) is 16.0 Å². The third-order valence-corrected chi connectivity index (χ3v) is 5.41. The van der Waals surface area contributed by atoms with Gasteiger partial charge >= 0.3 is 0 Å². The van der Waals surface area contributed by atoms with E-state index in [-0.39, 0.29) is 12.0 Å². The topological polar surface area (TPSA) is 74.8 Å². The number of nitrogens with one attached hydrogen (secondary N) is 3. The van der Waals surface area contributed by atoms with Gasteiger partial charge < -0.3 is 20.7 Å². The monoisotopic (exact) mass is 422 g/mol. The average Bonchev–Trinajstić information content (AvgIpc) is 3.29. The van der Waals surface area contributed by atoms with Crippen LogP contribution in [-0.4, -0.2) is 37.7 Å². The van der Waals surface area contributed by atoms with Crippen LogP contribution in [0.3, 0.4) is 0 Å². The SMILES string of the molecule is CCNC(=NCc1cccc(C(=O)NCC2CCCO2)c1)NCc1ccc(C)cc1C. The van der Waals surface area contributed by atoms with Crippen LogP contribution < -0.4 is 16.0 Å². The van der Waals surface area contributed by atoms with Crippen molar-refractivity contribution in [2.45, 2.75) is 52.8 Å². The Morgan fingerprint density at radius 3 is 2.74 bits per heavy atom. The van der Waals surface area contributed by atoms with E-state index in [2.05, 4.69) is 48.0 Å². The van der Waals surface area contributed by atoms with Crippen molar-refractivity contribution in [2.75, 3.05) is 19.7 Å². The van der Waals surface area contributed by atoms with Crippen LogP contribution >= 0.6 is 0 Å². The molecule has 0 bridgehead atoms. The third kappa shape index (κ3) is 7.10. The van der Waals surface area contributed by atoms with Gasteiger partial charge in [-0.05, 0) is 62.4 Å². The lowest BCUT2D eigenvalue weighted by Gasteiger charge is -2.13. The fourth-order valence-corrected chi connectivity index (χ4v) is 3.66. The number of ether oxygens (including phenoxy) is 1. The number of amides is 1. The van der Waals surface area contributed by atoms with E-state index in [0.29, 0.717) is 25.2 Å². The summed E-state index contributed by atoms with van der Waals surface area (Å²) in [7, 11) is 0. The van der Waals surface area contributed by atoms with E-state index in [1.54, 1.807) is 0 Å². The van der Waals surface area contributed by atoms with E-state index in [4.69, 9.17) is 9.73 Å². The first-order chi connectivity index (χ1) is 15.0. The van der Waals surface area contributed by atoms with Gasteiger partial charge in [0.2, 0.25) is 0 Å². The molecule has 0 saturated carbocycles. The average molecular weight is 423 g/mol. The molecular weight excluding hydrogens is 388 g/mol. The maximum atomic E-state index is 12.5. The lowest BCUT2D eigenvalue weighted by atomic mass is 10.1. The molecule has 1 saturated heterocycles. The number of aryl methyl sites for hydroxylation is 2. The molecule has 6 heteroatoms. The first-order valence-corrected chi connectivity index (χ1v) is 11.1. The Morgan fingerprint density at radius 1 is 1.13 bits per heavy atom. The Morgan fingerprint density at radius 2 is 2.00 bits per heavy atom. The van der Waals surface area contributed by atoms with E-state index in [1.807, 2.05) is 31.2 Å². The smallest absolute Gasteiger partial charge is 0.251 e. The van der Waals surface area contributed by atoms with Gasteiger partial charge in [-0.3, -0.25) is 4.79 Å². The van der Waals surface area contributed by atoms with Crippen LogP contribution in [0.2, 0.25) is 0 Å². The van der Waals surface area contributed by atoms with E-state index < -0.39 is 0 Å². The van der Waals surface area contributed by atoms with Crippen molar-refractivity contribution in [3.63, 3.8) is 0 Å². The molecule has 3 rings (SSSR count). The molecule has 0 aliphatic carbocycles. The van der Waals surface area contributed by atoms with Gasteiger partial charge in [0, 0.05) is 31.8 Å². The molecule has 2 aromatic carbocycles. The quantitative estimate of drug-likeness (QED) is 0.450. The maximum absolute atomic E-state index is 12.5. The zero-order valence-electron chi connectivity index (χ0n) is 18.8. The van der Waals surface area contributed by atoms with Crippen molar-refractivity contribution < 1.29 is 9.53 Å². The molecular formula is C25H34N4O2. The summed E-state index contributed by atoms with van der Waals surface area (Å²) < 4.78 is 5.57. The Bertz CT molecular complexity index is 904. The van der Waals surface area contributed by atoms with E-state index >= 15 is 0 Å². The molecule has 2 aromatic rings. The molecule has 1 heterocycles. The second-order valence-electron chi connectivity index (χ2n) is 8.02. The summed E-state index contributed by atoms with van der Waals surface area (Å²) in [6, 6.07) is 14.1. The molecule has 31 heavy (non-hydrogen) atoms. The number of benzene rings is 2. The van der Waals surface area contributed by atoms with Crippen LogP contribution in [0.15, 0.2) is 47.5 Å². The molecule has 1 unspecified atom stereocenters. The Balaban J connectivity index is 1.58. The predicted octanol–water partition coefficient (Wildman–Crippen LogP) is 3.47. The van der Waals surface area contributed by atoms with E-state index in [0.717, 1.165) is 37.5 Å². The molecule has 0 radical (unpaired) electrons. The van der Waals surface area contributed by atoms with Gasteiger partial charge in [-0.25, -0.2) is 4.99 Å². The van der Waals surface area contributed by atoms with Crippen LogP contribution in [0.1, 0.15) is 52.4 Å². The highest BCUT2D eigenvalue weighted by atomic mass is 16.5. The fraction of sp³-hybridized carbons (Fsp3) is 0.440. The molecule has 166 valence electrons. The van der Waals surface area contributed by atoms with Crippen LogP contribution in [0.5, 0.6) is 0 Å². The summed E-state index contributed by atoms with van der Waals surface area (Å²) >= 11 is 0. The van der Waals surface area contributed by atoms with E-state index in [1.165, 1.54) is 16.7 Å². The number of aliphatic imine (C=N–C) groups is 1. The second kappa shape index (κ2) is 11.5. The highest BCUT2D eigenvalue weighted by molar-refractivity contribution is 5.94. The van der Waals surface area contributed by atoms with Gasteiger partial charge in [0.25, 0.3) is 5.91 Å². The molecule has 3 N–H and O–H groups in total. The third-order valence-electron chi connectivity index (χ3n) is 5.41. The van der Waals surface area contributed by atoms with Crippen LogP contribution in [0.25, 0.3) is 0 Å². The van der Waals surface area contributed by atoms with Gasteiger partial charge in [-0.1, -0.05) is 35.9 Å². The summed E-state index contributed by atoms with van der Waals surface area (Å²) in [5.74, 6) is 0.692. The molecule has 6 nitrogen and oxygen atoms in total. The molecule has 0 aromatic heterocycles. The maximum Gasteiger partial charge on any atom is 0.251 e. The number of hydrogen-bond donors (Lipinski definition) is 3. The fourth-order valence-electron chi connectivity index (χ4n) is 3.66. The minimum absolute atomic E-state index is 0.0683. The van der Waals surface area contributed by atoms with Crippen molar-refractivity contribution >= 4 is 11.9 Å². The molecule has 1 fully saturated rings. The van der Waals surface area contributed by atoms with Gasteiger partial charge in [0.05, 0.1) is 12.6 Å². The Kier molecular flexibility index (Phi) is 8.47. The second-order valence-corrected chi connectivity index (χ2v) is 8.02. The zero-order chi connectivity index (χ0) is 22.1. The lowest BCUT2D eigenvalue weighted by molar-refractivity contribution is 0.0857. The normalized spacial score (nSPS) is 16.2. The number of guanidine groups is 1. The molecule has 1 atom stereocenters. The highest BCUT2D eigenvalue weighted by Crippen LogP contribution is 2.12. The molecule has 0 spiro atoms. The summed E-state index contributed by atoms with van der Waals surface area (Å²) in [5.41, 5.74) is 5.43. The minimum atomic E-state index is -0.0683. The lowest BCUT2D eigenvalue weighted by Crippen LogP contribution is -2.37. The van der Waals surface area contributed by atoms with Crippen molar-refractivity contribution in [1.29, 1.82) is 0 Å². The predicted molar refractivity (Wildman–Crippen MR) is 125 cm³/mol. The largest absolute Gasteiger partial charge is 0.376 e. The number of hydrogen-bond acceptors (Lipinski definition) is 3. The van der Waals surface area contributed by atoms with Crippen LogP contribution in [0.4, 0.5) is 0 Å². The van der Waals surface area contributed by atoms with Crippen molar-refractivity contribution in [2.24, 2.45) is 4.99 Å². The van der Waals surface area contributed by atoms with Crippen molar-refractivity contribution in [3.05, 3.63) is 70.3 Å².